The highest BCUT2D eigenvalue weighted by atomic mass is 16.1. The summed E-state index contributed by atoms with van der Waals surface area (Å²) in [6, 6.07) is 0.467. The van der Waals surface area contributed by atoms with Crippen molar-refractivity contribution in [2.75, 3.05) is 13.1 Å². The first-order valence-corrected chi connectivity index (χ1v) is 5.68. The quantitative estimate of drug-likeness (QED) is 0.675. The molecule has 14 heavy (non-hydrogen) atoms. The van der Waals surface area contributed by atoms with Crippen LogP contribution in [0, 0.1) is 5.92 Å². The van der Waals surface area contributed by atoms with Gasteiger partial charge in [0.15, 0.2) is 0 Å². The van der Waals surface area contributed by atoms with Crippen molar-refractivity contribution in [2.45, 2.75) is 45.6 Å². The summed E-state index contributed by atoms with van der Waals surface area (Å²) in [5.41, 5.74) is 0. The molecule has 0 heterocycles. The standard InChI is InChI=1S/C11H22N2O/c1-9(2)12-7-6-11(14)13-8-10-4-3-5-10/h9-10,12H,3-8H2,1-2H3,(H,13,14). The molecule has 1 saturated carbocycles. The predicted molar refractivity (Wildman–Crippen MR) is 58.1 cm³/mol. The van der Waals surface area contributed by atoms with Crippen molar-refractivity contribution in [3.8, 4) is 0 Å². The Labute approximate surface area is 86.6 Å². The fraction of sp³-hybridized carbons (Fsp3) is 0.909. The Morgan fingerprint density at radius 3 is 2.64 bits per heavy atom. The lowest BCUT2D eigenvalue weighted by Crippen LogP contribution is -2.34. The van der Waals surface area contributed by atoms with Crippen molar-refractivity contribution < 1.29 is 4.79 Å². The van der Waals surface area contributed by atoms with Crippen LogP contribution in [0.5, 0.6) is 0 Å². The van der Waals surface area contributed by atoms with E-state index >= 15 is 0 Å². The Morgan fingerprint density at radius 1 is 1.43 bits per heavy atom. The van der Waals surface area contributed by atoms with Crippen LogP contribution in [0.2, 0.25) is 0 Å². The van der Waals surface area contributed by atoms with E-state index in [4.69, 9.17) is 0 Å². The van der Waals surface area contributed by atoms with Crippen LogP contribution in [0.25, 0.3) is 0 Å². The van der Waals surface area contributed by atoms with Gasteiger partial charge in [0, 0.05) is 25.6 Å². The molecule has 1 aliphatic carbocycles. The SMILES string of the molecule is CC(C)NCCC(=O)NCC1CCC1. The topological polar surface area (TPSA) is 41.1 Å². The second kappa shape index (κ2) is 6.02. The highest BCUT2D eigenvalue weighted by Gasteiger charge is 2.17. The first-order valence-electron chi connectivity index (χ1n) is 5.68. The number of nitrogens with one attached hydrogen (secondary N) is 2. The Balaban J connectivity index is 1.92. The van der Waals surface area contributed by atoms with Crippen LogP contribution in [0.15, 0.2) is 0 Å². The Hall–Kier alpha value is -0.570. The van der Waals surface area contributed by atoms with Crippen molar-refractivity contribution in [1.82, 2.24) is 10.6 Å². The van der Waals surface area contributed by atoms with Gasteiger partial charge in [-0.3, -0.25) is 4.79 Å². The largest absolute Gasteiger partial charge is 0.356 e. The van der Waals surface area contributed by atoms with Gasteiger partial charge in [-0.05, 0) is 18.8 Å². The van der Waals surface area contributed by atoms with Crippen LogP contribution in [0.3, 0.4) is 0 Å². The molecule has 0 aromatic rings. The van der Waals surface area contributed by atoms with Crippen LogP contribution in [-0.4, -0.2) is 25.0 Å². The first kappa shape index (κ1) is 11.5. The maximum atomic E-state index is 11.3. The summed E-state index contributed by atoms with van der Waals surface area (Å²) >= 11 is 0. The van der Waals surface area contributed by atoms with Crippen LogP contribution < -0.4 is 10.6 Å². The molecular weight excluding hydrogens is 176 g/mol. The molecule has 0 aromatic carbocycles. The molecule has 0 aliphatic heterocycles. The van der Waals surface area contributed by atoms with E-state index in [0.29, 0.717) is 12.5 Å². The molecule has 0 saturated heterocycles. The number of hydrogen-bond donors (Lipinski definition) is 2. The normalized spacial score (nSPS) is 16.8. The number of amides is 1. The fourth-order valence-electron chi connectivity index (χ4n) is 1.52. The molecule has 1 fully saturated rings. The smallest absolute Gasteiger partial charge is 0.221 e. The zero-order chi connectivity index (χ0) is 10.4. The first-order chi connectivity index (χ1) is 6.68. The second-order valence-electron chi connectivity index (χ2n) is 4.46. The van der Waals surface area contributed by atoms with E-state index in [-0.39, 0.29) is 5.91 Å². The van der Waals surface area contributed by atoms with Crippen molar-refractivity contribution in [1.29, 1.82) is 0 Å². The fourth-order valence-corrected chi connectivity index (χ4v) is 1.52. The lowest BCUT2D eigenvalue weighted by atomic mass is 9.85. The van der Waals surface area contributed by atoms with Crippen molar-refractivity contribution in [3.63, 3.8) is 0 Å². The molecule has 2 N–H and O–H groups in total. The summed E-state index contributed by atoms with van der Waals surface area (Å²) < 4.78 is 0. The van der Waals surface area contributed by atoms with Crippen LogP contribution >= 0.6 is 0 Å². The average molecular weight is 198 g/mol. The second-order valence-corrected chi connectivity index (χ2v) is 4.46. The number of hydrogen-bond acceptors (Lipinski definition) is 2. The third-order valence-electron chi connectivity index (χ3n) is 2.72. The summed E-state index contributed by atoms with van der Waals surface area (Å²) in [7, 11) is 0. The van der Waals surface area contributed by atoms with Crippen molar-refractivity contribution in [3.05, 3.63) is 0 Å². The molecule has 82 valence electrons. The maximum absolute atomic E-state index is 11.3. The Kier molecular flexibility index (Phi) is 4.94. The lowest BCUT2D eigenvalue weighted by Gasteiger charge is -2.25. The molecule has 0 atom stereocenters. The minimum Gasteiger partial charge on any atom is -0.356 e. The lowest BCUT2D eigenvalue weighted by molar-refractivity contribution is -0.121. The van der Waals surface area contributed by atoms with Crippen LogP contribution in [0.1, 0.15) is 39.5 Å². The van der Waals surface area contributed by atoms with Gasteiger partial charge in [-0.15, -0.1) is 0 Å². The van der Waals surface area contributed by atoms with E-state index < -0.39 is 0 Å². The molecule has 3 heteroatoms. The summed E-state index contributed by atoms with van der Waals surface area (Å²) in [4.78, 5) is 11.3. The molecule has 0 radical (unpaired) electrons. The van der Waals surface area contributed by atoms with E-state index in [1.165, 1.54) is 19.3 Å². The highest BCUT2D eigenvalue weighted by Crippen LogP contribution is 2.24. The third-order valence-corrected chi connectivity index (χ3v) is 2.72. The van der Waals surface area contributed by atoms with E-state index in [9.17, 15) is 4.79 Å². The highest BCUT2D eigenvalue weighted by molar-refractivity contribution is 5.76. The monoisotopic (exact) mass is 198 g/mol. The number of carbonyl (C=O) groups excluding carboxylic acids is 1. The molecule has 3 nitrogen and oxygen atoms in total. The van der Waals surface area contributed by atoms with Gasteiger partial charge in [-0.2, -0.15) is 0 Å². The van der Waals surface area contributed by atoms with Gasteiger partial charge in [0.2, 0.25) is 5.91 Å². The van der Waals surface area contributed by atoms with Gasteiger partial charge in [0.25, 0.3) is 0 Å². The summed E-state index contributed by atoms with van der Waals surface area (Å²) in [6.45, 7) is 5.85. The zero-order valence-corrected chi connectivity index (χ0v) is 9.31. The minimum absolute atomic E-state index is 0.185. The average Bonchev–Trinajstić information content (AvgIpc) is 2.00. The summed E-state index contributed by atoms with van der Waals surface area (Å²) in [5, 5.41) is 6.21. The van der Waals surface area contributed by atoms with E-state index in [2.05, 4.69) is 24.5 Å². The van der Waals surface area contributed by atoms with E-state index in [1.807, 2.05) is 0 Å². The van der Waals surface area contributed by atoms with E-state index in [1.54, 1.807) is 0 Å². The summed E-state index contributed by atoms with van der Waals surface area (Å²) in [6.07, 6.45) is 4.54. The molecule has 0 unspecified atom stereocenters. The third kappa shape index (κ3) is 4.61. The van der Waals surface area contributed by atoms with Gasteiger partial charge >= 0.3 is 0 Å². The molecule has 0 aromatic heterocycles. The van der Waals surface area contributed by atoms with Gasteiger partial charge < -0.3 is 10.6 Å². The van der Waals surface area contributed by atoms with Gasteiger partial charge in [-0.25, -0.2) is 0 Å². The number of carbonyl (C=O) groups is 1. The van der Waals surface area contributed by atoms with E-state index in [0.717, 1.165) is 19.0 Å². The van der Waals surface area contributed by atoms with Crippen molar-refractivity contribution in [2.24, 2.45) is 5.92 Å². The molecular formula is C11H22N2O. The Bertz CT molecular complexity index is 176. The molecule has 0 bridgehead atoms. The Morgan fingerprint density at radius 2 is 2.14 bits per heavy atom. The van der Waals surface area contributed by atoms with Gasteiger partial charge in [0.05, 0.1) is 0 Å². The molecule has 1 amide bonds. The van der Waals surface area contributed by atoms with Crippen LogP contribution in [0.4, 0.5) is 0 Å². The maximum Gasteiger partial charge on any atom is 0.221 e. The number of rotatable bonds is 6. The molecule has 0 spiro atoms. The zero-order valence-electron chi connectivity index (χ0n) is 9.31. The van der Waals surface area contributed by atoms with Gasteiger partial charge in [-0.1, -0.05) is 20.3 Å². The predicted octanol–water partition coefficient (Wildman–Crippen LogP) is 1.29. The molecule has 1 aliphatic rings. The van der Waals surface area contributed by atoms with Crippen LogP contribution in [-0.2, 0) is 4.79 Å². The minimum atomic E-state index is 0.185. The van der Waals surface area contributed by atoms with Gasteiger partial charge in [0.1, 0.15) is 0 Å². The van der Waals surface area contributed by atoms with Crippen molar-refractivity contribution >= 4 is 5.91 Å². The molecule has 1 rings (SSSR count). The summed E-state index contributed by atoms with van der Waals surface area (Å²) in [5.74, 6) is 0.946.